The molecule has 0 aromatic heterocycles. The van der Waals surface area contributed by atoms with Gasteiger partial charge in [-0.2, -0.15) is 0 Å². The lowest BCUT2D eigenvalue weighted by Gasteiger charge is -2.14. The highest BCUT2D eigenvalue weighted by Crippen LogP contribution is 2.17. The van der Waals surface area contributed by atoms with Gasteiger partial charge >= 0.3 is 0 Å². The molecular formula is C20H25BrN2O3S. The summed E-state index contributed by atoms with van der Waals surface area (Å²) in [5.41, 5.74) is 1.96. The average Bonchev–Trinajstić information content (AvgIpc) is 2.60. The highest BCUT2D eigenvalue weighted by atomic mass is 79.9. The van der Waals surface area contributed by atoms with E-state index < -0.39 is 10.0 Å². The second-order valence-corrected chi connectivity index (χ2v) is 9.39. The van der Waals surface area contributed by atoms with Gasteiger partial charge in [-0.1, -0.05) is 40.2 Å². The van der Waals surface area contributed by atoms with E-state index in [9.17, 15) is 13.2 Å². The van der Waals surface area contributed by atoms with Gasteiger partial charge in [0, 0.05) is 16.9 Å². The Kier molecular flexibility index (Phi) is 7.59. The van der Waals surface area contributed by atoms with Crippen LogP contribution in [0.25, 0.3) is 0 Å². The Morgan fingerprint density at radius 2 is 1.59 bits per heavy atom. The van der Waals surface area contributed by atoms with Crippen molar-refractivity contribution in [1.29, 1.82) is 0 Å². The number of aryl methyl sites for hydroxylation is 1. The highest BCUT2D eigenvalue weighted by molar-refractivity contribution is 9.10. The van der Waals surface area contributed by atoms with Crippen molar-refractivity contribution in [3.8, 4) is 0 Å². The van der Waals surface area contributed by atoms with Crippen LogP contribution in [-0.4, -0.2) is 20.4 Å². The SMILES string of the molecule is CC(C)NS(=O)(=O)c1ccc(CCC(=O)N[C@H](C)c2ccc(Br)cc2)cc1. The van der Waals surface area contributed by atoms with Crippen LogP contribution in [0.5, 0.6) is 0 Å². The molecule has 0 bridgehead atoms. The van der Waals surface area contributed by atoms with Gasteiger partial charge in [0.15, 0.2) is 0 Å². The van der Waals surface area contributed by atoms with E-state index in [1.165, 1.54) is 0 Å². The Balaban J connectivity index is 1.89. The number of hydrogen-bond acceptors (Lipinski definition) is 3. The normalized spacial score (nSPS) is 12.8. The lowest BCUT2D eigenvalue weighted by molar-refractivity contribution is -0.121. The molecule has 2 aromatic carbocycles. The molecule has 0 aliphatic heterocycles. The topological polar surface area (TPSA) is 75.3 Å². The fraction of sp³-hybridized carbons (Fsp3) is 0.350. The predicted octanol–water partition coefficient (Wildman–Crippen LogP) is 3.95. The molecular weight excluding hydrogens is 428 g/mol. The summed E-state index contributed by atoms with van der Waals surface area (Å²) in [5.74, 6) is -0.0383. The standard InChI is InChI=1S/C20H25BrN2O3S/c1-14(2)23-27(25,26)19-11-4-16(5-12-19)6-13-20(24)22-15(3)17-7-9-18(21)10-8-17/h4-5,7-12,14-15,23H,6,13H2,1-3H3,(H,22,24)/t15-/m1/s1. The van der Waals surface area contributed by atoms with Crippen LogP contribution in [0, 0.1) is 0 Å². The van der Waals surface area contributed by atoms with E-state index in [-0.39, 0.29) is 22.9 Å². The molecule has 1 atom stereocenters. The first kappa shape index (κ1) is 21.6. The number of sulfonamides is 1. The summed E-state index contributed by atoms with van der Waals surface area (Å²) in [6.45, 7) is 5.50. The van der Waals surface area contributed by atoms with E-state index in [0.717, 1.165) is 15.6 Å². The van der Waals surface area contributed by atoms with Crippen molar-refractivity contribution in [2.45, 2.75) is 50.6 Å². The van der Waals surface area contributed by atoms with Crippen LogP contribution in [-0.2, 0) is 21.2 Å². The zero-order valence-corrected chi connectivity index (χ0v) is 18.1. The lowest BCUT2D eigenvalue weighted by atomic mass is 10.1. The van der Waals surface area contributed by atoms with Crippen molar-refractivity contribution in [2.75, 3.05) is 0 Å². The predicted molar refractivity (Wildman–Crippen MR) is 111 cm³/mol. The van der Waals surface area contributed by atoms with Crippen molar-refractivity contribution in [1.82, 2.24) is 10.0 Å². The van der Waals surface area contributed by atoms with Gasteiger partial charge in [0.05, 0.1) is 10.9 Å². The molecule has 2 N–H and O–H groups in total. The van der Waals surface area contributed by atoms with E-state index in [4.69, 9.17) is 0 Å². The van der Waals surface area contributed by atoms with Gasteiger partial charge in [-0.15, -0.1) is 0 Å². The second kappa shape index (κ2) is 9.48. The fourth-order valence-electron chi connectivity index (χ4n) is 2.62. The second-order valence-electron chi connectivity index (χ2n) is 6.76. The molecule has 0 aliphatic carbocycles. The molecule has 0 saturated heterocycles. The molecule has 1 amide bonds. The van der Waals surface area contributed by atoms with Gasteiger partial charge in [0.1, 0.15) is 0 Å². The van der Waals surface area contributed by atoms with Crippen LogP contribution in [0.2, 0.25) is 0 Å². The van der Waals surface area contributed by atoms with Gasteiger partial charge in [0.25, 0.3) is 0 Å². The van der Waals surface area contributed by atoms with Gasteiger partial charge in [-0.05, 0) is 62.6 Å². The number of carbonyl (C=O) groups is 1. The van der Waals surface area contributed by atoms with E-state index in [2.05, 4.69) is 26.0 Å². The van der Waals surface area contributed by atoms with Crippen LogP contribution in [0.3, 0.4) is 0 Å². The average molecular weight is 453 g/mol. The Bertz CT molecular complexity index is 863. The Morgan fingerprint density at radius 3 is 2.15 bits per heavy atom. The van der Waals surface area contributed by atoms with Crippen molar-refractivity contribution in [3.05, 3.63) is 64.1 Å². The third-order valence-electron chi connectivity index (χ3n) is 4.01. The number of benzene rings is 2. The molecule has 2 rings (SSSR count). The number of rotatable bonds is 8. The fourth-order valence-corrected chi connectivity index (χ4v) is 4.14. The summed E-state index contributed by atoms with van der Waals surface area (Å²) in [5, 5.41) is 2.98. The molecule has 7 heteroatoms. The summed E-state index contributed by atoms with van der Waals surface area (Å²) < 4.78 is 27.8. The summed E-state index contributed by atoms with van der Waals surface area (Å²) >= 11 is 3.40. The lowest BCUT2D eigenvalue weighted by Crippen LogP contribution is -2.30. The van der Waals surface area contributed by atoms with Gasteiger partial charge in [-0.3, -0.25) is 4.79 Å². The maximum absolute atomic E-state index is 12.2. The maximum atomic E-state index is 12.2. The molecule has 0 unspecified atom stereocenters. The Labute approximate surface area is 169 Å². The summed E-state index contributed by atoms with van der Waals surface area (Å²) in [7, 11) is -3.49. The smallest absolute Gasteiger partial charge is 0.240 e. The molecule has 2 aromatic rings. The zero-order valence-electron chi connectivity index (χ0n) is 15.7. The minimum Gasteiger partial charge on any atom is -0.350 e. The number of amides is 1. The molecule has 0 saturated carbocycles. The number of halogens is 1. The largest absolute Gasteiger partial charge is 0.350 e. The third kappa shape index (κ3) is 6.75. The van der Waals surface area contributed by atoms with E-state index in [0.29, 0.717) is 12.8 Å². The maximum Gasteiger partial charge on any atom is 0.240 e. The van der Waals surface area contributed by atoms with E-state index >= 15 is 0 Å². The molecule has 5 nitrogen and oxygen atoms in total. The van der Waals surface area contributed by atoms with Gasteiger partial charge in [0.2, 0.25) is 15.9 Å². The quantitative estimate of drug-likeness (QED) is 0.636. The first-order valence-electron chi connectivity index (χ1n) is 8.83. The van der Waals surface area contributed by atoms with E-state index in [1.807, 2.05) is 31.2 Å². The van der Waals surface area contributed by atoms with Gasteiger partial charge < -0.3 is 5.32 Å². The Morgan fingerprint density at radius 1 is 1.00 bits per heavy atom. The molecule has 27 heavy (non-hydrogen) atoms. The number of carbonyl (C=O) groups excluding carboxylic acids is 1. The molecule has 0 aliphatic rings. The van der Waals surface area contributed by atoms with Crippen LogP contribution in [0.15, 0.2) is 57.9 Å². The Hall–Kier alpha value is -1.70. The first-order valence-corrected chi connectivity index (χ1v) is 11.1. The minimum atomic E-state index is -3.49. The number of hydrogen-bond donors (Lipinski definition) is 2. The van der Waals surface area contributed by atoms with Crippen LogP contribution in [0.1, 0.15) is 44.4 Å². The summed E-state index contributed by atoms with van der Waals surface area (Å²) in [4.78, 5) is 12.4. The summed E-state index contributed by atoms with van der Waals surface area (Å²) in [6, 6.07) is 14.2. The van der Waals surface area contributed by atoms with Crippen LogP contribution in [0.4, 0.5) is 0 Å². The molecule has 0 fully saturated rings. The molecule has 0 heterocycles. The monoisotopic (exact) mass is 452 g/mol. The molecule has 146 valence electrons. The van der Waals surface area contributed by atoms with Gasteiger partial charge in [-0.25, -0.2) is 13.1 Å². The first-order chi connectivity index (χ1) is 12.7. The van der Waals surface area contributed by atoms with Crippen LogP contribution < -0.4 is 10.0 Å². The number of nitrogens with one attached hydrogen (secondary N) is 2. The van der Waals surface area contributed by atoms with Crippen molar-refractivity contribution in [2.24, 2.45) is 0 Å². The molecule has 0 radical (unpaired) electrons. The molecule has 0 spiro atoms. The minimum absolute atomic E-state index is 0.0383. The highest BCUT2D eigenvalue weighted by Gasteiger charge is 2.15. The van der Waals surface area contributed by atoms with Crippen molar-refractivity contribution >= 4 is 31.9 Å². The zero-order chi connectivity index (χ0) is 20.0. The van der Waals surface area contributed by atoms with E-state index in [1.54, 1.807) is 38.1 Å². The van der Waals surface area contributed by atoms with Crippen molar-refractivity contribution in [3.63, 3.8) is 0 Å². The summed E-state index contributed by atoms with van der Waals surface area (Å²) in [6.07, 6.45) is 0.897. The van der Waals surface area contributed by atoms with Crippen LogP contribution >= 0.6 is 15.9 Å². The van der Waals surface area contributed by atoms with Crippen molar-refractivity contribution < 1.29 is 13.2 Å². The third-order valence-corrected chi connectivity index (χ3v) is 6.22.